The molecule has 0 bridgehead atoms. The second kappa shape index (κ2) is 13.1. The van der Waals surface area contributed by atoms with Gasteiger partial charge in [0.25, 0.3) is 0 Å². The van der Waals surface area contributed by atoms with Crippen LogP contribution in [-0.4, -0.2) is 19.5 Å². The van der Waals surface area contributed by atoms with Crippen LogP contribution in [-0.2, 0) is 0 Å². The number of hydrogen-bond acceptors (Lipinski definition) is 4. The minimum absolute atomic E-state index is 0.621. The fraction of sp³-hybridized carbons (Fsp3) is 0. The highest BCUT2D eigenvalue weighted by molar-refractivity contribution is 7.26. The lowest BCUT2D eigenvalue weighted by atomic mass is 9.94. The van der Waals surface area contributed by atoms with Crippen LogP contribution in [0.2, 0.25) is 0 Å². The first-order valence-electron chi connectivity index (χ1n) is 19.5. The zero-order valence-corrected chi connectivity index (χ0v) is 32.0. The number of para-hydroxylation sites is 3. The molecule has 0 saturated carbocycles. The molecule has 3 aromatic heterocycles. The van der Waals surface area contributed by atoms with E-state index in [0.29, 0.717) is 17.5 Å². The van der Waals surface area contributed by atoms with Crippen LogP contribution < -0.4 is 0 Å². The van der Waals surface area contributed by atoms with Crippen LogP contribution in [0.25, 0.3) is 115 Å². The first kappa shape index (κ1) is 32.7. The smallest absolute Gasteiger partial charge is 0.166 e. The summed E-state index contributed by atoms with van der Waals surface area (Å²) in [5.74, 6) is 1.90. The molecule has 58 heavy (non-hydrogen) atoms. The third-order valence-corrected chi connectivity index (χ3v) is 12.7. The lowest BCUT2D eigenvalue weighted by Gasteiger charge is -2.16. The standard InChI is InChI=1S/C53H32N4S/c1-2-15-36-33(14-1)28-29-34-32-35(30-31-38(34)36)37-16-3-4-20-43(37)51-54-52(56-53(55-51)45-23-13-22-42-41-19-8-12-27-49(41)58-50(42)45)44-21-7-11-26-48(44)57-46-24-9-5-17-39(46)40-18-6-10-25-47(40)57/h1-32H. The molecule has 0 aliphatic heterocycles. The summed E-state index contributed by atoms with van der Waals surface area (Å²) in [5, 5.41) is 9.78. The zero-order chi connectivity index (χ0) is 38.2. The van der Waals surface area contributed by atoms with E-state index in [9.17, 15) is 0 Å². The lowest BCUT2D eigenvalue weighted by molar-refractivity contribution is 1.07. The van der Waals surface area contributed by atoms with Crippen molar-refractivity contribution < 1.29 is 0 Å². The molecule has 0 unspecified atom stereocenters. The topological polar surface area (TPSA) is 43.6 Å². The van der Waals surface area contributed by atoms with Crippen molar-refractivity contribution in [2.24, 2.45) is 0 Å². The van der Waals surface area contributed by atoms with Gasteiger partial charge in [-0.3, -0.25) is 0 Å². The summed E-state index contributed by atoms with van der Waals surface area (Å²) in [5.41, 5.74) is 8.33. The van der Waals surface area contributed by atoms with Gasteiger partial charge < -0.3 is 4.57 Å². The highest BCUT2D eigenvalue weighted by Crippen LogP contribution is 2.42. The number of benzene rings is 9. The maximum Gasteiger partial charge on any atom is 0.166 e. The molecule has 0 saturated heterocycles. The molecule has 3 heterocycles. The number of thiophene rings is 1. The van der Waals surface area contributed by atoms with Crippen LogP contribution in [0.3, 0.4) is 0 Å². The van der Waals surface area contributed by atoms with Crippen LogP contribution in [0, 0.1) is 0 Å². The Morgan fingerprint density at radius 2 is 0.879 bits per heavy atom. The Kier molecular flexibility index (Phi) is 7.37. The second-order valence-electron chi connectivity index (χ2n) is 14.7. The Morgan fingerprint density at radius 3 is 1.67 bits per heavy atom. The average Bonchev–Trinajstić information content (AvgIpc) is 3.85. The van der Waals surface area contributed by atoms with Gasteiger partial charge in [0.05, 0.1) is 16.7 Å². The normalized spacial score (nSPS) is 11.8. The fourth-order valence-corrected chi connectivity index (χ4v) is 10.0. The van der Waals surface area contributed by atoms with Crippen molar-refractivity contribution in [2.45, 2.75) is 0 Å². The molecule has 12 rings (SSSR count). The van der Waals surface area contributed by atoms with Crippen molar-refractivity contribution in [3.05, 3.63) is 194 Å². The predicted molar refractivity (Wildman–Crippen MR) is 244 cm³/mol. The highest BCUT2D eigenvalue weighted by atomic mass is 32.1. The van der Waals surface area contributed by atoms with Crippen molar-refractivity contribution in [1.29, 1.82) is 0 Å². The van der Waals surface area contributed by atoms with Crippen molar-refractivity contribution in [1.82, 2.24) is 19.5 Å². The molecule has 12 aromatic rings. The molecular formula is C53H32N4S. The van der Waals surface area contributed by atoms with Crippen LogP contribution >= 0.6 is 11.3 Å². The molecular weight excluding hydrogens is 725 g/mol. The molecule has 5 heteroatoms. The Morgan fingerprint density at radius 1 is 0.345 bits per heavy atom. The molecule has 0 aliphatic rings. The van der Waals surface area contributed by atoms with Gasteiger partial charge in [-0.15, -0.1) is 11.3 Å². The largest absolute Gasteiger partial charge is 0.309 e. The Balaban J connectivity index is 1.12. The summed E-state index contributed by atoms with van der Waals surface area (Å²) >= 11 is 1.79. The van der Waals surface area contributed by atoms with E-state index in [-0.39, 0.29) is 0 Å². The number of fused-ring (bicyclic) bond motifs is 9. The molecule has 4 nitrogen and oxygen atoms in total. The quantitative estimate of drug-likeness (QED) is 0.164. The van der Waals surface area contributed by atoms with E-state index in [2.05, 4.69) is 199 Å². The minimum Gasteiger partial charge on any atom is -0.309 e. The summed E-state index contributed by atoms with van der Waals surface area (Å²) in [7, 11) is 0. The van der Waals surface area contributed by atoms with E-state index < -0.39 is 0 Å². The first-order valence-corrected chi connectivity index (χ1v) is 20.3. The molecule has 0 fully saturated rings. The monoisotopic (exact) mass is 756 g/mol. The van der Waals surface area contributed by atoms with Crippen LogP contribution in [0.1, 0.15) is 0 Å². The molecule has 9 aromatic carbocycles. The fourth-order valence-electron chi connectivity index (χ4n) is 8.81. The minimum atomic E-state index is 0.621. The zero-order valence-electron chi connectivity index (χ0n) is 31.2. The molecule has 0 N–H and O–H groups in total. The van der Waals surface area contributed by atoms with Gasteiger partial charge in [-0.2, -0.15) is 0 Å². The molecule has 0 aliphatic carbocycles. The number of hydrogen-bond donors (Lipinski definition) is 0. The summed E-state index contributed by atoms with van der Waals surface area (Å²) in [6, 6.07) is 69.1. The average molecular weight is 757 g/mol. The van der Waals surface area contributed by atoms with E-state index >= 15 is 0 Å². The van der Waals surface area contributed by atoms with Crippen molar-refractivity contribution in [2.75, 3.05) is 0 Å². The van der Waals surface area contributed by atoms with Gasteiger partial charge in [0.2, 0.25) is 0 Å². The van der Waals surface area contributed by atoms with Crippen LogP contribution in [0.5, 0.6) is 0 Å². The van der Waals surface area contributed by atoms with Gasteiger partial charge in [0.1, 0.15) is 0 Å². The predicted octanol–water partition coefficient (Wildman–Crippen LogP) is 14.3. The number of aromatic nitrogens is 4. The third kappa shape index (κ3) is 5.11. The van der Waals surface area contributed by atoms with Gasteiger partial charge >= 0.3 is 0 Å². The van der Waals surface area contributed by atoms with Crippen LogP contribution in [0.4, 0.5) is 0 Å². The molecule has 0 amide bonds. The summed E-state index contributed by atoms with van der Waals surface area (Å²) in [4.78, 5) is 16.2. The second-order valence-corrected chi connectivity index (χ2v) is 15.8. The van der Waals surface area contributed by atoms with Gasteiger partial charge in [0.15, 0.2) is 17.5 Å². The van der Waals surface area contributed by atoms with E-state index in [1.165, 1.54) is 47.8 Å². The maximum absolute atomic E-state index is 5.41. The third-order valence-electron chi connectivity index (χ3n) is 11.5. The first-order chi connectivity index (χ1) is 28.8. The summed E-state index contributed by atoms with van der Waals surface area (Å²) < 4.78 is 4.76. The van der Waals surface area contributed by atoms with Gasteiger partial charge in [-0.25, -0.2) is 15.0 Å². The van der Waals surface area contributed by atoms with Gasteiger partial charge in [-0.05, 0) is 75.1 Å². The summed E-state index contributed by atoms with van der Waals surface area (Å²) in [6.07, 6.45) is 0. The van der Waals surface area contributed by atoms with Crippen molar-refractivity contribution in [3.8, 4) is 51.0 Å². The Hall–Kier alpha value is -7.47. The number of nitrogens with zero attached hydrogens (tertiary/aromatic N) is 4. The number of rotatable bonds is 5. The molecule has 0 atom stereocenters. The molecule has 270 valence electrons. The van der Waals surface area contributed by atoms with Crippen molar-refractivity contribution >= 4 is 74.9 Å². The van der Waals surface area contributed by atoms with Crippen LogP contribution in [0.15, 0.2) is 194 Å². The highest BCUT2D eigenvalue weighted by Gasteiger charge is 2.21. The van der Waals surface area contributed by atoms with E-state index in [4.69, 9.17) is 15.0 Å². The van der Waals surface area contributed by atoms with E-state index in [1.54, 1.807) is 11.3 Å². The Bertz CT molecular complexity index is 3540. The van der Waals surface area contributed by atoms with E-state index in [1.807, 2.05) is 0 Å². The summed E-state index contributed by atoms with van der Waals surface area (Å²) in [6.45, 7) is 0. The van der Waals surface area contributed by atoms with E-state index in [0.717, 1.165) is 49.2 Å². The molecule has 0 radical (unpaired) electrons. The van der Waals surface area contributed by atoms with Gasteiger partial charge in [-0.1, -0.05) is 152 Å². The molecule has 0 spiro atoms. The lowest BCUT2D eigenvalue weighted by Crippen LogP contribution is -2.04. The maximum atomic E-state index is 5.41. The van der Waals surface area contributed by atoms with Crippen molar-refractivity contribution in [3.63, 3.8) is 0 Å². The Labute approximate surface area is 338 Å². The van der Waals surface area contributed by atoms with Gasteiger partial charge in [0, 0.05) is 47.6 Å². The SMILES string of the molecule is c1ccc(-c2nc(-c3ccccc3-n3c4ccccc4c4ccccc43)nc(-c3cccc4c3sc3ccccc34)n2)c(-c2ccc3c(ccc4ccccc43)c2)c1.